The fraction of sp³-hybridized carbons (Fsp3) is 0.533. The minimum absolute atomic E-state index is 0.281. The fourth-order valence-corrected chi connectivity index (χ4v) is 2.97. The second kappa shape index (κ2) is 6.13. The van der Waals surface area contributed by atoms with Gasteiger partial charge < -0.3 is 10.4 Å². The first-order valence-corrected chi connectivity index (χ1v) is 7.31. The second-order valence-corrected chi connectivity index (χ2v) is 5.49. The lowest BCUT2D eigenvalue weighted by Gasteiger charge is -2.30. The molecule has 0 radical (unpaired) electrons. The first-order valence-electron chi connectivity index (χ1n) is 7.31. The number of aromatic nitrogens is 3. The van der Waals surface area contributed by atoms with Crippen LogP contribution in [-0.2, 0) is 0 Å². The SMILES string of the molecule is OCC1CCCCC1CNc1nnc2ccccc2n1. The summed E-state index contributed by atoms with van der Waals surface area (Å²) in [6, 6.07) is 7.72. The van der Waals surface area contributed by atoms with E-state index in [1.165, 1.54) is 19.3 Å². The third-order valence-corrected chi connectivity index (χ3v) is 4.18. The molecule has 1 fully saturated rings. The summed E-state index contributed by atoms with van der Waals surface area (Å²) in [5.41, 5.74) is 1.66. The van der Waals surface area contributed by atoms with Gasteiger partial charge in [-0.05, 0) is 36.8 Å². The van der Waals surface area contributed by atoms with Crippen LogP contribution in [0.2, 0.25) is 0 Å². The van der Waals surface area contributed by atoms with Crippen LogP contribution in [0.25, 0.3) is 11.0 Å². The second-order valence-electron chi connectivity index (χ2n) is 5.49. The smallest absolute Gasteiger partial charge is 0.243 e. The van der Waals surface area contributed by atoms with Gasteiger partial charge in [0.25, 0.3) is 0 Å². The molecule has 0 bridgehead atoms. The summed E-state index contributed by atoms with van der Waals surface area (Å²) in [5, 5.41) is 21.0. The quantitative estimate of drug-likeness (QED) is 0.893. The molecule has 5 heteroatoms. The molecule has 1 saturated carbocycles. The van der Waals surface area contributed by atoms with Gasteiger partial charge in [0.1, 0.15) is 5.52 Å². The zero-order chi connectivity index (χ0) is 13.8. The van der Waals surface area contributed by atoms with Gasteiger partial charge >= 0.3 is 0 Å². The molecule has 2 unspecified atom stereocenters. The summed E-state index contributed by atoms with van der Waals surface area (Å²) in [7, 11) is 0. The van der Waals surface area contributed by atoms with Crippen molar-refractivity contribution in [2.24, 2.45) is 11.8 Å². The third-order valence-electron chi connectivity index (χ3n) is 4.18. The van der Waals surface area contributed by atoms with Crippen LogP contribution in [0, 0.1) is 11.8 Å². The molecule has 2 N–H and O–H groups in total. The van der Waals surface area contributed by atoms with Crippen molar-refractivity contribution in [3.8, 4) is 0 Å². The molecule has 3 rings (SSSR count). The van der Waals surface area contributed by atoms with Crippen molar-refractivity contribution in [2.75, 3.05) is 18.5 Å². The van der Waals surface area contributed by atoms with E-state index in [4.69, 9.17) is 0 Å². The van der Waals surface area contributed by atoms with E-state index in [1.54, 1.807) is 0 Å². The van der Waals surface area contributed by atoms with Crippen molar-refractivity contribution in [1.29, 1.82) is 0 Å². The van der Waals surface area contributed by atoms with E-state index in [-0.39, 0.29) is 6.61 Å². The summed E-state index contributed by atoms with van der Waals surface area (Å²) < 4.78 is 0. The minimum atomic E-state index is 0.281. The van der Waals surface area contributed by atoms with Gasteiger partial charge in [-0.15, -0.1) is 10.2 Å². The van der Waals surface area contributed by atoms with Gasteiger partial charge in [0, 0.05) is 13.2 Å². The summed E-state index contributed by atoms with van der Waals surface area (Å²) in [6.45, 7) is 1.09. The van der Waals surface area contributed by atoms with E-state index >= 15 is 0 Å². The predicted molar refractivity (Wildman–Crippen MR) is 78.4 cm³/mol. The highest BCUT2D eigenvalue weighted by molar-refractivity contribution is 5.73. The Bertz CT molecular complexity index is 575. The molecule has 0 spiro atoms. The molecule has 106 valence electrons. The maximum absolute atomic E-state index is 9.43. The van der Waals surface area contributed by atoms with Crippen LogP contribution in [0.15, 0.2) is 24.3 Å². The molecule has 0 saturated heterocycles. The molecule has 1 aliphatic carbocycles. The van der Waals surface area contributed by atoms with Crippen molar-refractivity contribution >= 4 is 17.0 Å². The zero-order valence-corrected chi connectivity index (χ0v) is 11.5. The number of nitrogens with zero attached hydrogens (tertiary/aromatic N) is 3. The Hall–Kier alpha value is -1.75. The molecule has 5 nitrogen and oxygen atoms in total. The Labute approximate surface area is 118 Å². The van der Waals surface area contributed by atoms with Gasteiger partial charge in [0.15, 0.2) is 0 Å². The van der Waals surface area contributed by atoms with Crippen LogP contribution in [0.3, 0.4) is 0 Å². The van der Waals surface area contributed by atoms with Crippen LogP contribution in [0.5, 0.6) is 0 Å². The molecular weight excluding hydrogens is 252 g/mol. The van der Waals surface area contributed by atoms with E-state index in [0.717, 1.165) is 24.0 Å². The Balaban J connectivity index is 1.67. The lowest BCUT2D eigenvalue weighted by Crippen LogP contribution is -2.29. The summed E-state index contributed by atoms with van der Waals surface area (Å²) >= 11 is 0. The average molecular weight is 272 g/mol. The molecule has 2 aromatic rings. The summed E-state index contributed by atoms with van der Waals surface area (Å²) in [6.07, 6.45) is 4.77. The van der Waals surface area contributed by atoms with Crippen LogP contribution < -0.4 is 5.32 Å². The molecular formula is C15H20N4O. The van der Waals surface area contributed by atoms with Crippen molar-refractivity contribution in [3.05, 3.63) is 24.3 Å². The van der Waals surface area contributed by atoms with Gasteiger partial charge in [-0.1, -0.05) is 25.0 Å². The predicted octanol–water partition coefficient (Wildman–Crippen LogP) is 2.24. The summed E-state index contributed by atoms with van der Waals surface area (Å²) in [4.78, 5) is 4.46. The number of aliphatic hydroxyl groups is 1. The van der Waals surface area contributed by atoms with Crippen LogP contribution in [-0.4, -0.2) is 33.4 Å². The zero-order valence-electron chi connectivity index (χ0n) is 11.5. The van der Waals surface area contributed by atoms with Crippen molar-refractivity contribution in [1.82, 2.24) is 15.2 Å². The summed E-state index contributed by atoms with van der Waals surface area (Å²) in [5.74, 6) is 1.49. The lowest BCUT2D eigenvalue weighted by atomic mass is 9.80. The number of hydrogen-bond donors (Lipinski definition) is 2. The van der Waals surface area contributed by atoms with Gasteiger partial charge in [0.05, 0.1) is 5.52 Å². The number of nitrogens with one attached hydrogen (secondary N) is 1. The molecule has 0 amide bonds. The Morgan fingerprint density at radius 1 is 1.05 bits per heavy atom. The lowest BCUT2D eigenvalue weighted by molar-refractivity contribution is 0.141. The highest BCUT2D eigenvalue weighted by atomic mass is 16.3. The fourth-order valence-electron chi connectivity index (χ4n) is 2.97. The number of anilines is 1. The largest absolute Gasteiger partial charge is 0.396 e. The number of rotatable bonds is 4. The first-order chi connectivity index (χ1) is 9.86. The standard InChI is InChI=1S/C15H20N4O/c20-10-12-6-2-1-5-11(12)9-16-15-17-13-7-3-4-8-14(13)18-19-15/h3-4,7-8,11-12,20H,1-2,5-6,9-10H2,(H,16,17,19). The highest BCUT2D eigenvalue weighted by Crippen LogP contribution is 2.29. The normalized spacial score (nSPS) is 22.9. The number of para-hydroxylation sites is 1. The highest BCUT2D eigenvalue weighted by Gasteiger charge is 2.24. The molecule has 0 aliphatic heterocycles. The van der Waals surface area contributed by atoms with Crippen LogP contribution in [0.4, 0.5) is 5.95 Å². The molecule has 2 atom stereocenters. The monoisotopic (exact) mass is 272 g/mol. The van der Waals surface area contributed by atoms with E-state index in [2.05, 4.69) is 20.5 Å². The van der Waals surface area contributed by atoms with Crippen LogP contribution in [0.1, 0.15) is 25.7 Å². The van der Waals surface area contributed by atoms with Gasteiger partial charge in [-0.3, -0.25) is 0 Å². The number of hydrogen-bond acceptors (Lipinski definition) is 5. The molecule has 1 aromatic carbocycles. The molecule has 1 aliphatic rings. The number of aliphatic hydroxyl groups excluding tert-OH is 1. The van der Waals surface area contributed by atoms with E-state index in [0.29, 0.717) is 17.8 Å². The average Bonchev–Trinajstić information content (AvgIpc) is 2.53. The van der Waals surface area contributed by atoms with E-state index in [9.17, 15) is 5.11 Å². The first kappa shape index (κ1) is 13.2. The molecule has 1 aromatic heterocycles. The Morgan fingerprint density at radius 2 is 1.80 bits per heavy atom. The van der Waals surface area contributed by atoms with E-state index in [1.807, 2.05) is 24.3 Å². The maximum atomic E-state index is 9.43. The van der Waals surface area contributed by atoms with Crippen molar-refractivity contribution in [3.63, 3.8) is 0 Å². The number of fused-ring (bicyclic) bond motifs is 1. The van der Waals surface area contributed by atoms with Crippen molar-refractivity contribution < 1.29 is 5.11 Å². The molecule has 1 heterocycles. The van der Waals surface area contributed by atoms with Gasteiger partial charge in [0.2, 0.25) is 5.95 Å². The maximum Gasteiger partial charge on any atom is 0.243 e. The topological polar surface area (TPSA) is 70.9 Å². The van der Waals surface area contributed by atoms with E-state index < -0.39 is 0 Å². The minimum Gasteiger partial charge on any atom is -0.396 e. The third kappa shape index (κ3) is 2.88. The van der Waals surface area contributed by atoms with Gasteiger partial charge in [-0.2, -0.15) is 0 Å². The van der Waals surface area contributed by atoms with Crippen LogP contribution >= 0.6 is 0 Å². The van der Waals surface area contributed by atoms with Crippen molar-refractivity contribution in [2.45, 2.75) is 25.7 Å². The Kier molecular flexibility index (Phi) is 4.06. The van der Waals surface area contributed by atoms with Gasteiger partial charge in [-0.25, -0.2) is 4.98 Å². The number of benzene rings is 1. The Morgan fingerprint density at radius 3 is 2.60 bits per heavy atom. The molecule has 20 heavy (non-hydrogen) atoms.